The summed E-state index contributed by atoms with van der Waals surface area (Å²) < 4.78 is 10.4. The highest BCUT2D eigenvalue weighted by molar-refractivity contribution is 5.99. The zero-order chi connectivity index (χ0) is 20.3. The molecular weight excluding hydrogens is 358 g/mol. The maximum absolute atomic E-state index is 13.2. The molecule has 1 aliphatic carbocycles. The standard InChI is InChI=1S/C22H29NO5/c1-22(2,3)28-19(24)14-27-21(26)17-10-6-5-9-16(17)20(25)23-13-12-15-8-4-7-11-18(15)23/h4,7-8,11,16-17H,5-6,9-10,12-14H2,1-3H3/t16-,17-/m1/s1. The van der Waals surface area contributed by atoms with Gasteiger partial charge >= 0.3 is 11.9 Å². The highest BCUT2D eigenvalue weighted by Crippen LogP contribution is 2.36. The largest absolute Gasteiger partial charge is 0.457 e. The Hall–Kier alpha value is -2.37. The first-order valence-electron chi connectivity index (χ1n) is 10.0. The third-order valence-corrected chi connectivity index (χ3v) is 5.29. The molecule has 0 bridgehead atoms. The first-order valence-corrected chi connectivity index (χ1v) is 10.0. The van der Waals surface area contributed by atoms with Crippen molar-refractivity contribution in [2.24, 2.45) is 11.8 Å². The van der Waals surface area contributed by atoms with Gasteiger partial charge in [-0.1, -0.05) is 31.0 Å². The van der Waals surface area contributed by atoms with E-state index in [1.54, 1.807) is 25.7 Å². The Morgan fingerprint density at radius 3 is 2.46 bits per heavy atom. The molecule has 0 unspecified atom stereocenters. The normalized spacial score (nSPS) is 21.8. The van der Waals surface area contributed by atoms with Gasteiger partial charge in [-0.25, -0.2) is 4.79 Å². The van der Waals surface area contributed by atoms with Crippen LogP contribution in [0.15, 0.2) is 24.3 Å². The molecule has 1 aromatic rings. The van der Waals surface area contributed by atoms with Crippen molar-refractivity contribution >= 4 is 23.5 Å². The van der Waals surface area contributed by atoms with E-state index in [4.69, 9.17) is 9.47 Å². The lowest BCUT2D eigenvalue weighted by Gasteiger charge is -2.32. The Morgan fingerprint density at radius 2 is 1.75 bits per heavy atom. The molecule has 0 saturated heterocycles. The van der Waals surface area contributed by atoms with Crippen LogP contribution in [0.25, 0.3) is 0 Å². The molecule has 3 rings (SSSR count). The van der Waals surface area contributed by atoms with Gasteiger partial charge < -0.3 is 14.4 Å². The van der Waals surface area contributed by atoms with Crippen molar-refractivity contribution in [2.45, 2.75) is 58.5 Å². The first-order chi connectivity index (χ1) is 13.3. The van der Waals surface area contributed by atoms with E-state index in [1.807, 2.05) is 24.3 Å². The number of carbonyl (C=O) groups is 3. The fourth-order valence-corrected chi connectivity index (χ4v) is 4.08. The molecule has 1 fully saturated rings. The summed E-state index contributed by atoms with van der Waals surface area (Å²) in [7, 11) is 0. The van der Waals surface area contributed by atoms with E-state index >= 15 is 0 Å². The van der Waals surface area contributed by atoms with E-state index in [-0.39, 0.29) is 5.91 Å². The van der Waals surface area contributed by atoms with Gasteiger partial charge in [0.2, 0.25) is 5.91 Å². The van der Waals surface area contributed by atoms with Gasteiger partial charge in [0.25, 0.3) is 0 Å². The van der Waals surface area contributed by atoms with Crippen LogP contribution in [0.4, 0.5) is 5.69 Å². The van der Waals surface area contributed by atoms with E-state index in [1.165, 1.54) is 0 Å². The number of fused-ring (bicyclic) bond motifs is 1. The number of para-hydroxylation sites is 1. The Morgan fingerprint density at radius 1 is 1.07 bits per heavy atom. The number of ether oxygens (including phenoxy) is 2. The molecule has 2 atom stereocenters. The lowest BCUT2D eigenvalue weighted by Crippen LogP contribution is -2.42. The summed E-state index contributed by atoms with van der Waals surface area (Å²) in [5, 5.41) is 0. The summed E-state index contributed by atoms with van der Waals surface area (Å²) in [4.78, 5) is 39.5. The second-order valence-corrected chi connectivity index (χ2v) is 8.56. The summed E-state index contributed by atoms with van der Waals surface area (Å²) in [6, 6.07) is 7.90. The lowest BCUT2D eigenvalue weighted by molar-refractivity contribution is -0.170. The summed E-state index contributed by atoms with van der Waals surface area (Å²) in [6.45, 7) is 5.51. The molecule has 0 spiro atoms. The average molecular weight is 387 g/mol. The fourth-order valence-electron chi connectivity index (χ4n) is 4.08. The molecule has 2 aliphatic rings. The summed E-state index contributed by atoms with van der Waals surface area (Å²) in [5.41, 5.74) is 1.48. The minimum atomic E-state index is -0.629. The Bertz CT molecular complexity index is 752. The van der Waals surface area contributed by atoms with E-state index < -0.39 is 36.0 Å². The Balaban J connectivity index is 1.65. The molecule has 0 N–H and O–H groups in total. The van der Waals surface area contributed by atoms with E-state index in [2.05, 4.69) is 0 Å². The Kier molecular flexibility index (Phi) is 6.06. The van der Waals surface area contributed by atoms with Crippen LogP contribution in [0, 0.1) is 11.8 Å². The van der Waals surface area contributed by atoms with Gasteiger partial charge in [-0.15, -0.1) is 0 Å². The molecule has 28 heavy (non-hydrogen) atoms. The zero-order valence-corrected chi connectivity index (χ0v) is 16.9. The quantitative estimate of drug-likeness (QED) is 0.742. The first kappa shape index (κ1) is 20.4. The number of amides is 1. The number of hydrogen-bond acceptors (Lipinski definition) is 5. The average Bonchev–Trinajstić information content (AvgIpc) is 3.08. The van der Waals surface area contributed by atoms with Gasteiger partial charge in [-0.3, -0.25) is 9.59 Å². The van der Waals surface area contributed by atoms with E-state index in [0.717, 1.165) is 30.5 Å². The second kappa shape index (κ2) is 8.33. The topological polar surface area (TPSA) is 72.9 Å². The van der Waals surface area contributed by atoms with Crippen LogP contribution in [0.1, 0.15) is 52.0 Å². The second-order valence-electron chi connectivity index (χ2n) is 8.56. The van der Waals surface area contributed by atoms with Crippen molar-refractivity contribution in [1.82, 2.24) is 0 Å². The number of anilines is 1. The van der Waals surface area contributed by atoms with Gasteiger partial charge in [-0.05, 0) is 51.7 Å². The predicted octanol–water partition coefficient (Wildman–Crippen LogP) is 3.27. The van der Waals surface area contributed by atoms with Gasteiger partial charge in [-0.2, -0.15) is 0 Å². The fraction of sp³-hybridized carbons (Fsp3) is 0.591. The molecule has 152 valence electrons. The molecule has 0 radical (unpaired) electrons. The molecule has 1 aromatic carbocycles. The third-order valence-electron chi connectivity index (χ3n) is 5.29. The summed E-state index contributed by atoms with van der Waals surface area (Å²) in [6.07, 6.45) is 3.92. The van der Waals surface area contributed by atoms with Crippen molar-refractivity contribution in [3.8, 4) is 0 Å². The maximum Gasteiger partial charge on any atom is 0.344 e. The Labute approximate surface area is 166 Å². The number of carbonyl (C=O) groups excluding carboxylic acids is 3. The number of esters is 2. The summed E-state index contributed by atoms with van der Waals surface area (Å²) >= 11 is 0. The monoisotopic (exact) mass is 387 g/mol. The van der Waals surface area contributed by atoms with Gasteiger partial charge in [0, 0.05) is 12.2 Å². The third kappa shape index (κ3) is 4.72. The van der Waals surface area contributed by atoms with Crippen LogP contribution in [0.5, 0.6) is 0 Å². The van der Waals surface area contributed by atoms with Crippen molar-refractivity contribution in [3.63, 3.8) is 0 Å². The van der Waals surface area contributed by atoms with Gasteiger partial charge in [0.1, 0.15) is 5.60 Å². The van der Waals surface area contributed by atoms with Crippen molar-refractivity contribution < 1.29 is 23.9 Å². The minimum Gasteiger partial charge on any atom is -0.457 e. The lowest BCUT2D eigenvalue weighted by atomic mass is 9.78. The minimum absolute atomic E-state index is 0.0103. The smallest absolute Gasteiger partial charge is 0.344 e. The highest BCUT2D eigenvalue weighted by Gasteiger charge is 2.40. The molecule has 1 aliphatic heterocycles. The molecule has 6 heteroatoms. The molecule has 6 nitrogen and oxygen atoms in total. The number of benzene rings is 1. The number of hydrogen-bond donors (Lipinski definition) is 0. The van der Waals surface area contributed by atoms with Crippen molar-refractivity contribution in [1.29, 1.82) is 0 Å². The SMILES string of the molecule is CC(C)(C)OC(=O)COC(=O)[C@@H]1CCCC[C@H]1C(=O)N1CCc2ccccc21. The molecular formula is C22H29NO5. The van der Waals surface area contributed by atoms with Crippen LogP contribution in [-0.2, 0) is 30.3 Å². The van der Waals surface area contributed by atoms with Crippen LogP contribution < -0.4 is 4.90 Å². The van der Waals surface area contributed by atoms with Crippen LogP contribution in [-0.4, -0.2) is 36.6 Å². The van der Waals surface area contributed by atoms with E-state index in [9.17, 15) is 14.4 Å². The molecule has 1 amide bonds. The zero-order valence-electron chi connectivity index (χ0n) is 16.9. The van der Waals surface area contributed by atoms with Crippen molar-refractivity contribution in [3.05, 3.63) is 29.8 Å². The molecule has 1 heterocycles. The molecule has 1 saturated carbocycles. The molecule has 0 aromatic heterocycles. The number of nitrogens with zero attached hydrogens (tertiary/aromatic N) is 1. The van der Waals surface area contributed by atoms with Crippen LogP contribution in [0.2, 0.25) is 0 Å². The summed E-state index contributed by atoms with van der Waals surface area (Å²) in [5.74, 6) is -1.96. The van der Waals surface area contributed by atoms with Crippen LogP contribution in [0.3, 0.4) is 0 Å². The maximum atomic E-state index is 13.2. The van der Waals surface area contributed by atoms with Gasteiger partial charge in [0.05, 0.1) is 11.8 Å². The number of rotatable bonds is 4. The van der Waals surface area contributed by atoms with E-state index in [0.29, 0.717) is 19.4 Å². The highest BCUT2D eigenvalue weighted by atomic mass is 16.6. The van der Waals surface area contributed by atoms with Crippen molar-refractivity contribution in [2.75, 3.05) is 18.1 Å². The van der Waals surface area contributed by atoms with Gasteiger partial charge in [0.15, 0.2) is 6.61 Å². The predicted molar refractivity (Wildman–Crippen MR) is 105 cm³/mol. The van der Waals surface area contributed by atoms with Crippen LogP contribution >= 0.6 is 0 Å².